The third-order valence-corrected chi connectivity index (χ3v) is 2.33. The summed E-state index contributed by atoms with van der Waals surface area (Å²) in [5.41, 5.74) is -0.883. The van der Waals surface area contributed by atoms with Crippen molar-refractivity contribution in [1.29, 1.82) is 0 Å². The summed E-state index contributed by atoms with van der Waals surface area (Å²) in [6.45, 7) is 6.50. The second-order valence-corrected chi connectivity index (χ2v) is 5.54. The van der Waals surface area contributed by atoms with Gasteiger partial charge in [-0.1, -0.05) is 6.07 Å². The van der Waals surface area contributed by atoms with Crippen LogP contribution < -0.4 is 10.1 Å². The first-order valence-electron chi connectivity index (χ1n) is 6.54. The molecule has 0 fully saturated rings. The number of alkyl carbamates (subject to hydrolysis) is 1. The fourth-order valence-corrected chi connectivity index (χ4v) is 1.41. The van der Waals surface area contributed by atoms with Crippen LogP contribution in [-0.2, 0) is 9.53 Å². The summed E-state index contributed by atoms with van der Waals surface area (Å²) in [6.07, 6.45) is -0.754. The molecule has 8 heteroatoms. The fourth-order valence-electron chi connectivity index (χ4n) is 1.41. The van der Waals surface area contributed by atoms with Gasteiger partial charge in [0.05, 0.1) is 11.0 Å². The molecule has 1 rings (SSSR count). The van der Waals surface area contributed by atoms with Crippen molar-refractivity contribution in [3.05, 3.63) is 34.4 Å². The number of esters is 1. The number of hydrogen-bond donors (Lipinski definition) is 1. The smallest absolute Gasteiger partial charge is 0.408 e. The van der Waals surface area contributed by atoms with Crippen molar-refractivity contribution in [1.82, 2.24) is 5.32 Å². The van der Waals surface area contributed by atoms with Gasteiger partial charge in [0.1, 0.15) is 17.4 Å². The van der Waals surface area contributed by atoms with E-state index in [2.05, 4.69) is 5.32 Å². The van der Waals surface area contributed by atoms with Gasteiger partial charge in [-0.2, -0.15) is 0 Å². The molecule has 120 valence electrons. The Morgan fingerprint density at radius 2 is 1.95 bits per heavy atom. The number of amides is 1. The number of hydrogen-bond acceptors (Lipinski definition) is 6. The van der Waals surface area contributed by atoms with Gasteiger partial charge in [0.15, 0.2) is 0 Å². The van der Waals surface area contributed by atoms with Gasteiger partial charge in [0.25, 0.3) is 5.69 Å². The summed E-state index contributed by atoms with van der Waals surface area (Å²) in [5.74, 6) is -0.733. The van der Waals surface area contributed by atoms with E-state index < -0.39 is 28.6 Å². The minimum Gasteiger partial charge on any atom is -0.444 e. The first-order valence-corrected chi connectivity index (χ1v) is 6.54. The van der Waals surface area contributed by atoms with Gasteiger partial charge in [-0.15, -0.1) is 0 Å². The Morgan fingerprint density at radius 3 is 2.50 bits per heavy atom. The molecule has 1 amide bonds. The first kappa shape index (κ1) is 17.4. The van der Waals surface area contributed by atoms with Crippen LogP contribution in [0.4, 0.5) is 10.5 Å². The van der Waals surface area contributed by atoms with E-state index in [0.717, 1.165) is 6.07 Å². The second kappa shape index (κ2) is 6.88. The SMILES string of the molecule is CC(NC(=O)OC(C)(C)C)C(=O)Oc1cccc([N+](=O)[O-])c1. The van der Waals surface area contributed by atoms with Gasteiger partial charge in [-0.25, -0.2) is 9.59 Å². The molecular formula is C14H18N2O6. The standard InChI is InChI=1S/C14H18N2O6/c1-9(15-13(18)22-14(2,3)4)12(17)21-11-7-5-6-10(8-11)16(19)20/h5-9H,1-4H3,(H,15,18). The Balaban J connectivity index is 2.63. The number of non-ortho nitro benzene ring substituents is 1. The molecule has 1 aromatic carbocycles. The Kier molecular flexibility index (Phi) is 5.44. The zero-order valence-electron chi connectivity index (χ0n) is 12.8. The van der Waals surface area contributed by atoms with Crippen LogP contribution in [0.1, 0.15) is 27.7 Å². The van der Waals surface area contributed by atoms with E-state index in [9.17, 15) is 19.7 Å². The van der Waals surface area contributed by atoms with E-state index >= 15 is 0 Å². The number of carbonyl (C=O) groups excluding carboxylic acids is 2. The van der Waals surface area contributed by atoms with Crippen molar-refractivity contribution in [3.63, 3.8) is 0 Å². The van der Waals surface area contributed by atoms with E-state index in [1.54, 1.807) is 20.8 Å². The van der Waals surface area contributed by atoms with Gasteiger partial charge in [-0.05, 0) is 33.8 Å². The Morgan fingerprint density at radius 1 is 1.32 bits per heavy atom. The highest BCUT2D eigenvalue weighted by Gasteiger charge is 2.22. The first-order chi connectivity index (χ1) is 10.1. The number of nitrogens with one attached hydrogen (secondary N) is 1. The molecule has 0 aliphatic carbocycles. The molecule has 22 heavy (non-hydrogen) atoms. The number of benzene rings is 1. The molecule has 0 heterocycles. The normalized spacial score (nSPS) is 12.2. The lowest BCUT2D eigenvalue weighted by Crippen LogP contribution is -2.43. The lowest BCUT2D eigenvalue weighted by molar-refractivity contribution is -0.384. The number of nitro benzene ring substituents is 1. The number of ether oxygens (including phenoxy) is 2. The Bertz CT molecular complexity index is 579. The van der Waals surface area contributed by atoms with Crippen molar-refractivity contribution in [2.24, 2.45) is 0 Å². The summed E-state index contributed by atoms with van der Waals surface area (Å²) in [4.78, 5) is 33.4. The maximum absolute atomic E-state index is 11.8. The molecule has 0 saturated carbocycles. The van der Waals surface area contributed by atoms with Crippen molar-refractivity contribution in [2.45, 2.75) is 39.3 Å². The number of carbonyl (C=O) groups is 2. The average Bonchev–Trinajstić information content (AvgIpc) is 2.36. The lowest BCUT2D eigenvalue weighted by Gasteiger charge is -2.21. The topological polar surface area (TPSA) is 108 Å². The third-order valence-electron chi connectivity index (χ3n) is 2.33. The Hall–Kier alpha value is -2.64. The van der Waals surface area contributed by atoms with E-state index in [0.29, 0.717) is 0 Å². The van der Waals surface area contributed by atoms with E-state index in [1.807, 2.05) is 0 Å². The molecule has 0 aliphatic heterocycles. The maximum Gasteiger partial charge on any atom is 0.408 e. The summed E-state index contributed by atoms with van der Waals surface area (Å²) < 4.78 is 10.00. The number of rotatable bonds is 4. The zero-order valence-corrected chi connectivity index (χ0v) is 12.8. The van der Waals surface area contributed by atoms with Crippen molar-refractivity contribution in [3.8, 4) is 5.75 Å². The number of nitro groups is 1. The lowest BCUT2D eigenvalue weighted by atomic mass is 10.2. The van der Waals surface area contributed by atoms with Gasteiger partial charge >= 0.3 is 12.1 Å². The minimum atomic E-state index is -0.964. The van der Waals surface area contributed by atoms with Crippen molar-refractivity contribution >= 4 is 17.7 Å². The molecular weight excluding hydrogens is 292 g/mol. The van der Waals surface area contributed by atoms with Crippen LogP contribution in [0.15, 0.2) is 24.3 Å². The van der Waals surface area contributed by atoms with Crippen LogP contribution in [0.3, 0.4) is 0 Å². The van der Waals surface area contributed by atoms with Crippen LogP contribution in [0.5, 0.6) is 5.75 Å². The van der Waals surface area contributed by atoms with Crippen LogP contribution in [0.25, 0.3) is 0 Å². The van der Waals surface area contributed by atoms with Gasteiger partial charge in [0, 0.05) is 6.07 Å². The molecule has 1 aromatic rings. The van der Waals surface area contributed by atoms with Crippen LogP contribution in [0.2, 0.25) is 0 Å². The Labute approximate surface area is 127 Å². The third kappa shape index (κ3) is 5.78. The van der Waals surface area contributed by atoms with E-state index in [4.69, 9.17) is 9.47 Å². The molecule has 0 aromatic heterocycles. The maximum atomic E-state index is 11.8. The molecule has 1 atom stereocenters. The van der Waals surface area contributed by atoms with Crippen molar-refractivity contribution < 1.29 is 24.0 Å². The van der Waals surface area contributed by atoms with Crippen LogP contribution in [-0.4, -0.2) is 28.6 Å². The zero-order chi connectivity index (χ0) is 16.9. The molecule has 0 aliphatic rings. The predicted molar refractivity (Wildman–Crippen MR) is 77.6 cm³/mol. The number of nitrogens with zero attached hydrogens (tertiary/aromatic N) is 1. The summed E-state index contributed by atoms with van der Waals surface area (Å²) >= 11 is 0. The molecule has 8 nitrogen and oxygen atoms in total. The van der Waals surface area contributed by atoms with E-state index in [1.165, 1.54) is 25.1 Å². The summed E-state index contributed by atoms with van der Waals surface area (Å²) in [6, 6.07) is 4.24. The fraction of sp³-hybridized carbons (Fsp3) is 0.429. The molecule has 0 saturated heterocycles. The molecule has 1 N–H and O–H groups in total. The largest absolute Gasteiger partial charge is 0.444 e. The molecule has 1 unspecified atom stereocenters. The van der Waals surface area contributed by atoms with Crippen LogP contribution >= 0.6 is 0 Å². The quantitative estimate of drug-likeness (QED) is 0.396. The highest BCUT2D eigenvalue weighted by Crippen LogP contribution is 2.19. The van der Waals surface area contributed by atoms with Crippen LogP contribution in [0, 0.1) is 10.1 Å². The molecule has 0 radical (unpaired) electrons. The highest BCUT2D eigenvalue weighted by molar-refractivity contribution is 5.82. The highest BCUT2D eigenvalue weighted by atomic mass is 16.6. The van der Waals surface area contributed by atoms with E-state index in [-0.39, 0.29) is 11.4 Å². The minimum absolute atomic E-state index is 0.0250. The molecule has 0 bridgehead atoms. The van der Waals surface area contributed by atoms with Gasteiger partial charge in [0.2, 0.25) is 0 Å². The second-order valence-electron chi connectivity index (χ2n) is 5.54. The van der Waals surface area contributed by atoms with Gasteiger partial charge < -0.3 is 14.8 Å². The summed E-state index contributed by atoms with van der Waals surface area (Å²) in [7, 11) is 0. The molecule has 0 spiro atoms. The van der Waals surface area contributed by atoms with Gasteiger partial charge in [-0.3, -0.25) is 10.1 Å². The van der Waals surface area contributed by atoms with Crippen molar-refractivity contribution in [2.75, 3.05) is 0 Å². The summed E-state index contributed by atoms with van der Waals surface area (Å²) in [5, 5.41) is 13.0. The predicted octanol–water partition coefficient (Wildman–Crippen LogP) is 2.41. The monoisotopic (exact) mass is 310 g/mol. The average molecular weight is 310 g/mol.